The standard InChI is InChI=1S/C14H21N3O.2ClH/c1-15-9-10-17(2)14(18)12-5-3-7-13-11(12)6-4-8-16-13;;/h3,5,7,15-16H,4,6,8-10H2,1-2H3;2*1H. The predicted octanol–water partition coefficient (Wildman–Crippen LogP) is 2.18. The SMILES string of the molecule is CNCCN(C)C(=O)c1cccc2c1CCCN2.Cl.Cl. The van der Waals surface area contributed by atoms with Crippen LogP contribution in [0.25, 0.3) is 0 Å². The molecule has 0 atom stereocenters. The molecule has 1 heterocycles. The average Bonchev–Trinajstić information content (AvgIpc) is 2.43. The van der Waals surface area contributed by atoms with Crippen LogP contribution in [0.1, 0.15) is 22.3 Å². The van der Waals surface area contributed by atoms with Crippen LogP contribution in [0.3, 0.4) is 0 Å². The number of fused-ring (bicyclic) bond motifs is 1. The molecule has 0 radical (unpaired) electrons. The predicted molar refractivity (Wildman–Crippen MR) is 88.6 cm³/mol. The van der Waals surface area contributed by atoms with Crippen LogP contribution < -0.4 is 10.6 Å². The van der Waals surface area contributed by atoms with Crippen LogP contribution in [0.5, 0.6) is 0 Å². The number of hydrogen-bond acceptors (Lipinski definition) is 3. The molecule has 1 aromatic carbocycles. The zero-order valence-corrected chi connectivity index (χ0v) is 13.6. The highest BCUT2D eigenvalue weighted by Crippen LogP contribution is 2.25. The molecule has 0 aromatic heterocycles. The number of nitrogens with zero attached hydrogens (tertiary/aromatic N) is 1. The van der Waals surface area contributed by atoms with Gasteiger partial charge in [0.2, 0.25) is 0 Å². The van der Waals surface area contributed by atoms with Gasteiger partial charge in [-0.15, -0.1) is 24.8 Å². The van der Waals surface area contributed by atoms with Gasteiger partial charge in [-0.05, 0) is 37.6 Å². The molecule has 1 aliphatic rings. The second-order valence-electron chi connectivity index (χ2n) is 4.69. The largest absolute Gasteiger partial charge is 0.385 e. The van der Waals surface area contributed by atoms with Gasteiger partial charge in [-0.2, -0.15) is 0 Å². The Hall–Kier alpha value is -0.970. The van der Waals surface area contributed by atoms with Gasteiger partial charge < -0.3 is 15.5 Å². The summed E-state index contributed by atoms with van der Waals surface area (Å²) in [5, 5.41) is 6.42. The topological polar surface area (TPSA) is 44.4 Å². The maximum atomic E-state index is 12.4. The first kappa shape index (κ1) is 19.0. The Kier molecular flexibility index (Phi) is 8.62. The Morgan fingerprint density at radius 3 is 2.85 bits per heavy atom. The number of rotatable bonds is 4. The Bertz CT molecular complexity index is 440. The van der Waals surface area contributed by atoms with Crippen molar-refractivity contribution in [2.45, 2.75) is 12.8 Å². The molecule has 0 saturated heterocycles. The quantitative estimate of drug-likeness (QED) is 0.894. The van der Waals surface area contributed by atoms with Gasteiger partial charge in [0.25, 0.3) is 5.91 Å². The van der Waals surface area contributed by atoms with Gasteiger partial charge in [0.05, 0.1) is 0 Å². The van der Waals surface area contributed by atoms with Crippen molar-refractivity contribution in [3.05, 3.63) is 29.3 Å². The lowest BCUT2D eigenvalue weighted by atomic mass is 9.97. The molecular formula is C14H23Cl2N3O. The lowest BCUT2D eigenvalue weighted by molar-refractivity contribution is 0.0795. The van der Waals surface area contributed by atoms with Crippen molar-refractivity contribution in [1.82, 2.24) is 10.2 Å². The summed E-state index contributed by atoms with van der Waals surface area (Å²) < 4.78 is 0. The van der Waals surface area contributed by atoms with Crippen molar-refractivity contribution >= 4 is 36.4 Å². The van der Waals surface area contributed by atoms with Gasteiger partial charge in [0.15, 0.2) is 0 Å². The van der Waals surface area contributed by atoms with Crippen molar-refractivity contribution in [2.75, 3.05) is 39.0 Å². The third-order valence-electron chi connectivity index (χ3n) is 3.37. The van der Waals surface area contributed by atoms with E-state index in [-0.39, 0.29) is 30.7 Å². The summed E-state index contributed by atoms with van der Waals surface area (Å²) in [5.41, 5.74) is 3.14. The molecule has 0 unspecified atom stereocenters. The van der Waals surface area contributed by atoms with E-state index < -0.39 is 0 Å². The van der Waals surface area contributed by atoms with Crippen molar-refractivity contribution in [2.24, 2.45) is 0 Å². The second kappa shape index (κ2) is 9.06. The Morgan fingerprint density at radius 1 is 1.40 bits per heavy atom. The van der Waals surface area contributed by atoms with Crippen LogP contribution in [0.15, 0.2) is 18.2 Å². The third kappa shape index (κ3) is 4.27. The van der Waals surface area contributed by atoms with E-state index in [1.54, 1.807) is 4.90 Å². The van der Waals surface area contributed by atoms with Crippen LogP contribution in [0.4, 0.5) is 5.69 Å². The minimum absolute atomic E-state index is 0. The molecule has 1 amide bonds. The van der Waals surface area contributed by atoms with Crippen LogP contribution in [-0.2, 0) is 6.42 Å². The lowest BCUT2D eigenvalue weighted by Crippen LogP contribution is -2.33. The number of halogens is 2. The molecule has 0 aliphatic carbocycles. The molecule has 1 aromatic rings. The molecule has 1 aliphatic heterocycles. The van der Waals surface area contributed by atoms with E-state index in [9.17, 15) is 4.79 Å². The van der Waals surface area contributed by atoms with Crippen LogP contribution in [0.2, 0.25) is 0 Å². The van der Waals surface area contributed by atoms with E-state index >= 15 is 0 Å². The molecule has 114 valence electrons. The second-order valence-corrected chi connectivity index (χ2v) is 4.69. The average molecular weight is 320 g/mol. The summed E-state index contributed by atoms with van der Waals surface area (Å²) in [4.78, 5) is 14.2. The summed E-state index contributed by atoms with van der Waals surface area (Å²) in [6.45, 7) is 2.54. The molecule has 0 spiro atoms. The van der Waals surface area contributed by atoms with Crippen LogP contribution >= 0.6 is 24.8 Å². The highest BCUT2D eigenvalue weighted by molar-refractivity contribution is 5.97. The Balaban J connectivity index is 0.00000180. The number of benzene rings is 1. The van der Waals surface area contributed by atoms with Gasteiger partial charge in [-0.1, -0.05) is 6.07 Å². The van der Waals surface area contributed by atoms with Crippen molar-refractivity contribution in [3.8, 4) is 0 Å². The normalized spacial score (nSPS) is 12.3. The van der Waals surface area contributed by atoms with Gasteiger partial charge in [0.1, 0.15) is 0 Å². The number of likely N-dealkylation sites (N-methyl/N-ethyl adjacent to an activating group) is 2. The fourth-order valence-corrected chi connectivity index (χ4v) is 2.30. The van der Waals surface area contributed by atoms with E-state index in [2.05, 4.69) is 16.7 Å². The summed E-state index contributed by atoms with van der Waals surface area (Å²) in [6, 6.07) is 5.94. The summed E-state index contributed by atoms with van der Waals surface area (Å²) >= 11 is 0. The summed E-state index contributed by atoms with van der Waals surface area (Å²) in [6.07, 6.45) is 2.08. The summed E-state index contributed by atoms with van der Waals surface area (Å²) in [7, 11) is 3.75. The molecule has 20 heavy (non-hydrogen) atoms. The van der Waals surface area contributed by atoms with Gasteiger partial charge in [-0.25, -0.2) is 0 Å². The molecule has 4 nitrogen and oxygen atoms in total. The first-order valence-electron chi connectivity index (χ1n) is 6.50. The van der Waals surface area contributed by atoms with E-state index in [1.165, 1.54) is 5.56 Å². The van der Waals surface area contributed by atoms with Gasteiger partial charge >= 0.3 is 0 Å². The highest BCUT2D eigenvalue weighted by Gasteiger charge is 2.19. The first-order chi connectivity index (χ1) is 8.74. The number of anilines is 1. The lowest BCUT2D eigenvalue weighted by Gasteiger charge is -2.23. The maximum absolute atomic E-state index is 12.4. The summed E-state index contributed by atoms with van der Waals surface area (Å²) in [5.74, 6) is 0.116. The van der Waals surface area contributed by atoms with Gasteiger partial charge in [0, 0.05) is 37.9 Å². The zero-order chi connectivity index (χ0) is 13.0. The molecule has 0 saturated carbocycles. The molecule has 6 heteroatoms. The van der Waals surface area contributed by atoms with E-state index in [0.717, 1.165) is 43.7 Å². The van der Waals surface area contributed by atoms with E-state index in [1.807, 2.05) is 26.2 Å². The fraction of sp³-hybridized carbons (Fsp3) is 0.500. The molecule has 0 bridgehead atoms. The van der Waals surface area contributed by atoms with E-state index in [0.29, 0.717) is 0 Å². The number of carbonyl (C=O) groups excluding carboxylic acids is 1. The minimum atomic E-state index is 0. The van der Waals surface area contributed by atoms with E-state index in [4.69, 9.17) is 0 Å². The Labute approximate surface area is 133 Å². The molecule has 2 N–H and O–H groups in total. The zero-order valence-electron chi connectivity index (χ0n) is 11.9. The highest BCUT2D eigenvalue weighted by atomic mass is 35.5. The minimum Gasteiger partial charge on any atom is -0.385 e. The molecule has 2 rings (SSSR count). The first-order valence-corrected chi connectivity index (χ1v) is 6.50. The fourth-order valence-electron chi connectivity index (χ4n) is 2.30. The number of hydrogen-bond donors (Lipinski definition) is 2. The smallest absolute Gasteiger partial charge is 0.253 e. The number of amides is 1. The van der Waals surface area contributed by atoms with Crippen molar-refractivity contribution < 1.29 is 4.79 Å². The third-order valence-corrected chi connectivity index (χ3v) is 3.37. The number of carbonyl (C=O) groups is 1. The maximum Gasteiger partial charge on any atom is 0.253 e. The van der Waals surface area contributed by atoms with Crippen molar-refractivity contribution in [3.63, 3.8) is 0 Å². The van der Waals surface area contributed by atoms with Gasteiger partial charge in [-0.3, -0.25) is 4.79 Å². The number of nitrogens with one attached hydrogen (secondary N) is 2. The van der Waals surface area contributed by atoms with Crippen LogP contribution in [-0.4, -0.2) is 44.5 Å². The monoisotopic (exact) mass is 319 g/mol. The molecule has 0 fully saturated rings. The van der Waals surface area contributed by atoms with Crippen molar-refractivity contribution in [1.29, 1.82) is 0 Å². The Morgan fingerprint density at radius 2 is 2.15 bits per heavy atom. The van der Waals surface area contributed by atoms with Crippen LogP contribution in [0, 0.1) is 0 Å². The molecular weight excluding hydrogens is 297 g/mol.